The second-order valence-electron chi connectivity index (χ2n) is 6.16. The standard InChI is InChI=1S/C19H17N3O5S/c1-21(12-23)14-5-7-15(8-6-14)22-18(11-17(20-22)19(24)25)13-3-9-16(10-4-13)28(2,26)27/h3-12H,1-2H3,(H,24,25). The van der Waals surface area contributed by atoms with Gasteiger partial charge in [0.15, 0.2) is 15.5 Å². The molecule has 0 saturated carbocycles. The van der Waals surface area contributed by atoms with Gasteiger partial charge in [0.2, 0.25) is 6.41 Å². The Labute approximate surface area is 161 Å². The van der Waals surface area contributed by atoms with Crippen molar-refractivity contribution in [1.29, 1.82) is 0 Å². The highest BCUT2D eigenvalue weighted by Gasteiger charge is 2.17. The van der Waals surface area contributed by atoms with Gasteiger partial charge in [0.1, 0.15) is 0 Å². The van der Waals surface area contributed by atoms with E-state index in [1.54, 1.807) is 43.4 Å². The number of anilines is 1. The molecule has 3 aromatic rings. The van der Waals surface area contributed by atoms with Crippen LogP contribution >= 0.6 is 0 Å². The third-order valence-corrected chi connectivity index (χ3v) is 5.29. The quantitative estimate of drug-likeness (QED) is 0.637. The SMILES string of the molecule is CN(C=O)c1ccc(-n2nc(C(=O)O)cc2-c2ccc(S(C)(=O)=O)cc2)cc1. The van der Waals surface area contributed by atoms with E-state index >= 15 is 0 Å². The molecule has 144 valence electrons. The summed E-state index contributed by atoms with van der Waals surface area (Å²) in [4.78, 5) is 23.8. The Morgan fingerprint density at radius 1 is 1.11 bits per heavy atom. The van der Waals surface area contributed by atoms with Crippen molar-refractivity contribution in [1.82, 2.24) is 9.78 Å². The number of carbonyl (C=O) groups excluding carboxylic acids is 1. The van der Waals surface area contributed by atoms with Crippen molar-refractivity contribution < 1.29 is 23.1 Å². The first kappa shape index (κ1) is 19.3. The zero-order chi connectivity index (χ0) is 20.5. The number of hydrogen-bond donors (Lipinski definition) is 1. The Kier molecular flexibility index (Phi) is 5.02. The summed E-state index contributed by atoms with van der Waals surface area (Å²) in [6.07, 6.45) is 1.80. The predicted molar refractivity (Wildman–Crippen MR) is 104 cm³/mol. The van der Waals surface area contributed by atoms with E-state index < -0.39 is 15.8 Å². The number of nitrogens with zero attached hydrogens (tertiary/aromatic N) is 3. The molecule has 0 bridgehead atoms. The molecule has 0 atom stereocenters. The molecule has 1 N–H and O–H groups in total. The summed E-state index contributed by atoms with van der Waals surface area (Å²) >= 11 is 0. The number of carboxylic acid groups (broad SMARTS) is 1. The fourth-order valence-electron chi connectivity index (χ4n) is 2.65. The molecule has 28 heavy (non-hydrogen) atoms. The molecule has 1 amide bonds. The molecule has 1 aromatic heterocycles. The zero-order valence-corrected chi connectivity index (χ0v) is 15.9. The number of aromatic nitrogens is 2. The smallest absolute Gasteiger partial charge is 0.356 e. The number of carbonyl (C=O) groups is 2. The summed E-state index contributed by atoms with van der Waals surface area (Å²) < 4.78 is 24.8. The van der Waals surface area contributed by atoms with Crippen molar-refractivity contribution in [2.45, 2.75) is 4.90 Å². The lowest BCUT2D eigenvalue weighted by molar-refractivity contribution is -0.107. The molecule has 0 radical (unpaired) electrons. The summed E-state index contributed by atoms with van der Waals surface area (Å²) in [5, 5.41) is 13.5. The van der Waals surface area contributed by atoms with Crippen molar-refractivity contribution in [3.8, 4) is 16.9 Å². The average molecular weight is 399 g/mol. The first-order valence-corrected chi connectivity index (χ1v) is 10.0. The van der Waals surface area contributed by atoms with Crippen LogP contribution in [0.25, 0.3) is 16.9 Å². The van der Waals surface area contributed by atoms with E-state index in [9.17, 15) is 23.1 Å². The Morgan fingerprint density at radius 3 is 2.21 bits per heavy atom. The minimum atomic E-state index is -3.34. The molecule has 0 saturated heterocycles. The summed E-state index contributed by atoms with van der Waals surface area (Å²) in [6, 6.07) is 14.4. The lowest BCUT2D eigenvalue weighted by Gasteiger charge is -2.12. The predicted octanol–water partition coefficient (Wildman–Crippen LogP) is 2.23. The Hall–Kier alpha value is -3.46. The summed E-state index contributed by atoms with van der Waals surface area (Å²) in [7, 11) is -1.72. The van der Waals surface area contributed by atoms with Crippen molar-refractivity contribution in [2.75, 3.05) is 18.2 Å². The molecule has 0 aliphatic carbocycles. The van der Waals surface area contributed by atoms with E-state index in [0.717, 1.165) is 6.26 Å². The number of hydrogen-bond acceptors (Lipinski definition) is 5. The third kappa shape index (κ3) is 3.79. The topological polar surface area (TPSA) is 110 Å². The first-order valence-electron chi connectivity index (χ1n) is 8.13. The van der Waals surface area contributed by atoms with Gasteiger partial charge in [-0.1, -0.05) is 12.1 Å². The highest BCUT2D eigenvalue weighted by atomic mass is 32.2. The van der Waals surface area contributed by atoms with Crippen LogP contribution in [-0.2, 0) is 14.6 Å². The molecule has 8 nitrogen and oxygen atoms in total. The first-order chi connectivity index (χ1) is 13.2. The van der Waals surface area contributed by atoms with E-state index in [1.165, 1.54) is 27.8 Å². The molecule has 1 heterocycles. The van der Waals surface area contributed by atoms with Crippen LogP contribution in [0.1, 0.15) is 10.5 Å². The average Bonchev–Trinajstić information content (AvgIpc) is 3.12. The van der Waals surface area contributed by atoms with E-state index in [0.29, 0.717) is 29.0 Å². The molecule has 0 aliphatic heterocycles. The van der Waals surface area contributed by atoms with Gasteiger partial charge in [0, 0.05) is 24.6 Å². The molecule has 9 heteroatoms. The second kappa shape index (κ2) is 7.28. The number of rotatable bonds is 6. The molecular weight excluding hydrogens is 382 g/mol. The lowest BCUT2D eigenvalue weighted by atomic mass is 10.1. The van der Waals surface area contributed by atoms with E-state index in [-0.39, 0.29) is 10.6 Å². The van der Waals surface area contributed by atoms with Crippen LogP contribution in [0.5, 0.6) is 0 Å². The number of sulfone groups is 1. The largest absolute Gasteiger partial charge is 0.476 e. The number of carboxylic acids is 1. The highest BCUT2D eigenvalue weighted by molar-refractivity contribution is 7.90. The van der Waals surface area contributed by atoms with Crippen molar-refractivity contribution in [3.63, 3.8) is 0 Å². The van der Waals surface area contributed by atoms with Gasteiger partial charge in [-0.25, -0.2) is 17.9 Å². The Morgan fingerprint density at radius 2 is 1.71 bits per heavy atom. The van der Waals surface area contributed by atoms with Crippen LogP contribution in [0, 0.1) is 0 Å². The summed E-state index contributed by atoms with van der Waals surface area (Å²) in [5.41, 5.74) is 2.23. The fraction of sp³-hybridized carbons (Fsp3) is 0.105. The molecular formula is C19H17N3O5S. The maximum atomic E-state index is 11.7. The van der Waals surface area contributed by atoms with Crippen molar-refractivity contribution in [2.24, 2.45) is 0 Å². The van der Waals surface area contributed by atoms with Crippen molar-refractivity contribution >= 4 is 27.9 Å². The van der Waals surface area contributed by atoms with Crippen LogP contribution in [0.3, 0.4) is 0 Å². The number of benzene rings is 2. The van der Waals surface area contributed by atoms with Crippen LogP contribution in [0.2, 0.25) is 0 Å². The lowest BCUT2D eigenvalue weighted by Crippen LogP contribution is -2.13. The van der Waals surface area contributed by atoms with Crippen LogP contribution < -0.4 is 4.90 Å². The third-order valence-electron chi connectivity index (χ3n) is 4.17. The molecule has 0 spiro atoms. The van der Waals surface area contributed by atoms with Gasteiger partial charge in [-0.15, -0.1) is 0 Å². The van der Waals surface area contributed by atoms with Crippen LogP contribution in [0.4, 0.5) is 5.69 Å². The normalized spacial score (nSPS) is 11.2. The van der Waals surface area contributed by atoms with Gasteiger partial charge in [0.25, 0.3) is 0 Å². The van der Waals surface area contributed by atoms with Crippen LogP contribution in [-0.4, -0.2) is 49.0 Å². The Balaban J connectivity index is 2.09. The van der Waals surface area contributed by atoms with Gasteiger partial charge in [-0.2, -0.15) is 5.10 Å². The van der Waals surface area contributed by atoms with E-state index in [2.05, 4.69) is 5.10 Å². The maximum absolute atomic E-state index is 11.7. The van der Waals surface area contributed by atoms with Gasteiger partial charge in [0.05, 0.1) is 16.3 Å². The second-order valence-corrected chi connectivity index (χ2v) is 8.18. The number of amides is 1. The maximum Gasteiger partial charge on any atom is 0.356 e. The Bertz CT molecular complexity index is 1130. The highest BCUT2D eigenvalue weighted by Crippen LogP contribution is 2.26. The van der Waals surface area contributed by atoms with Crippen LogP contribution in [0.15, 0.2) is 59.5 Å². The minimum absolute atomic E-state index is 0.142. The fourth-order valence-corrected chi connectivity index (χ4v) is 3.28. The summed E-state index contributed by atoms with van der Waals surface area (Å²) in [5.74, 6) is -1.18. The molecule has 2 aromatic carbocycles. The van der Waals surface area contributed by atoms with Gasteiger partial charge < -0.3 is 10.0 Å². The molecule has 0 unspecified atom stereocenters. The van der Waals surface area contributed by atoms with Gasteiger partial charge in [-0.05, 0) is 42.5 Å². The van der Waals surface area contributed by atoms with E-state index in [4.69, 9.17) is 0 Å². The van der Waals surface area contributed by atoms with E-state index in [1.807, 2.05) is 0 Å². The zero-order valence-electron chi connectivity index (χ0n) is 15.1. The monoisotopic (exact) mass is 399 g/mol. The van der Waals surface area contributed by atoms with Crippen molar-refractivity contribution in [3.05, 3.63) is 60.3 Å². The number of aromatic carboxylic acids is 1. The van der Waals surface area contributed by atoms with Gasteiger partial charge in [-0.3, -0.25) is 4.79 Å². The summed E-state index contributed by atoms with van der Waals surface area (Å²) in [6.45, 7) is 0. The van der Waals surface area contributed by atoms with Gasteiger partial charge >= 0.3 is 5.97 Å². The molecule has 0 fully saturated rings. The molecule has 0 aliphatic rings. The molecule has 3 rings (SSSR count). The minimum Gasteiger partial charge on any atom is -0.476 e.